The van der Waals surface area contributed by atoms with Crippen molar-refractivity contribution >= 4 is 23.2 Å². The van der Waals surface area contributed by atoms with Crippen LogP contribution in [0.4, 0.5) is 10.4 Å². The van der Waals surface area contributed by atoms with Crippen molar-refractivity contribution < 1.29 is 13.6 Å². The highest BCUT2D eigenvalue weighted by atomic mass is 19.1. The monoisotopic (exact) mass is 340 g/mol. The Balaban J connectivity index is 1.35. The molecule has 6 nitrogen and oxygen atoms in total. The zero-order chi connectivity index (χ0) is 17.2. The second kappa shape index (κ2) is 6.51. The third-order valence-corrected chi connectivity index (χ3v) is 4.26. The molecular formula is C18H17FN4O2. The van der Waals surface area contributed by atoms with Crippen LogP contribution in [0.25, 0.3) is 11.2 Å². The second-order valence-corrected chi connectivity index (χ2v) is 6.12. The SMILES string of the molecule is O=C(Cc1ccc(F)cc1)NC1CCN(c2nc3ncccc3o2)C1. The highest BCUT2D eigenvalue weighted by molar-refractivity contribution is 5.79. The van der Waals surface area contributed by atoms with Gasteiger partial charge in [-0.3, -0.25) is 4.79 Å². The molecule has 7 heteroatoms. The summed E-state index contributed by atoms with van der Waals surface area (Å²) in [6.07, 6.45) is 2.74. The highest BCUT2D eigenvalue weighted by Crippen LogP contribution is 2.23. The first-order valence-corrected chi connectivity index (χ1v) is 8.18. The van der Waals surface area contributed by atoms with Crippen molar-refractivity contribution in [3.05, 3.63) is 54.0 Å². The third-order valence-electron chi connectivity index (χ3n) is 4.26. The summed E-state index contributed by atoms with van der Waals surface area (Å²) in [6.45, 7) is 1.40. The largest absolute Gasteiger partial charge is 0.422 e. The molecule has 1 amide bonds. The Morgan fingerprint density at radius 3 is 2.96 bits per heavy atom. The summed E-state index contributed by atoms with van der Waals surface area (Å²) >= 11 is 0. The average molecular weight is 340 g/mol. The fourth-order valence-electron chi connectivity index (χ4n) is 3.01. The van der Waals surface area contributed by atoms with Crippen molar-refractivity contribution in [1.82, 2.24) is 15.3 Å². The molecule has 3 aromatic rings. The molecule has 4 rings (SSSR count). The van der Waals surface area contributed by atoms with Crippen LogP contribution in [0, 0.1) is 5.82 Å². The van der Waals surface area contributed by atoms with Crippen molar-refractivity contribution in [3.8, 4) is 0 Å². The van der Waals surface area contributed by atoms with Crippen LogP contribution < -0.4 is 10.2 Å². The summed E-state index contributed by atoms with van der Waals surface area (Å²) in [6, 6.07) is 10.2. The number of benzene rings is 1. The summed E-state index contributed by atoms with van der Waals surface area (Å²) in [5, 5.41) is 3.02. The lowest BCUT2D eigenvalue weighted by Crippen LogP contribution is -2.38. The molecule has 0 spiro atoms. The van der Waals surface area contributed by atoms with Gasteiger partial charge in [0.05, 0.1) is 6.42 Å². The summed E-state index contributed by atoms with van der Waals surface area (Å²) in [5.41, 5.74) is 2.03. The number of anilines is 1. The predicted molar refractivity (Wildman–Crippen MR) is 90.7 cm³/mol. The first kappa shape index (κ1) is 15.6. The molecule has 3 heterocycles. The average Bonchev–Trinajstić information content (AvgIpc) is 3.23. The summed E-state index contributed by atoms with van der Waals surface area (Å²) in [5.74, 6) is -0.374. The molecular weight excluding hydrogens is 323 g/mol. The molecule has 128 valence electrons. The van der Waals surface area contributed by atoms with E-state index in [0.29, 0.717) is 23.8 Å². The maximum atomic E-state index is 12.9. The molecule has 0 radical (unpaired) electrons. The topological polar surface area (TPSA) is 71.3 Å². The molecule has 1 aliphatic rings. The first-order chi connectivity index (χ1) is 12.2. The number of pyridine rings is 1. The van der Waals surface area contributed by atoms with E-state index in [9.17, 15) is 9.18 Å². The van der Waals surface area contributed by atoms with Gasteiger partial charge in [-0.05, 0) is 36.2 Å². The quantitative estimate of drug-likeness (QED) is 0.789. The third kappa shape index (κ3) is 3.45. The number of carbonyl (C=O) groups excluding carboxylic acids is 1. The number of aromatic nitrogens is 2. The van der Waals surface area contributed by atoms with Gasteiger partial charge in [0.1, 0.15) is 5.82 Å². The number of hydrogen-bond acceptors (Lipinski definition) is 5. The molecule has 1 aromatic carbocycles. The van der Waals surface area contributed by atoms with E-state index in [1.54, 1.807) is 24.4 Å². The zero-order valence-electron chi connectivity index (χ0n) is 13.5. The van der Waals surface area contributed by atoms with Crippen molar-refractivity contribution in [3.63, 3.8) is 0 Å². The van der Waals surface area contributed by atoms with Crippen molar-refractivity contribution in [2.24, 2.45) is 0 Å². The molecule has 2 aromatic heterocycles. The Bertz CT molecular complexity index is 860. The number of nitrogens with one attached hydrogen (secondary N) is 1. The Kier molecular flexibility index (Phi) is 4.05. The number of fused-ring (bicyclic) bond motifs is 1. The van der Waals surface area contributed by atoms with Crippen LogP contribution in [0.1, 0.15) is 12.0 Å². The number of carbonyl (C=O) groups is 1. The first-order valence-electron chi connectivity index (χ1n) is 8.18. The zero-order valence-corrected chi connectivity index (χ0v) is 13.5. The molecule has 0 saturated carbocycles. The molecule has 1 unspecified atom stereocenters. The molecule has 1 atom stereocenters. The minimum absolute atomic E-state index is 0.0379. The number of oxazole rings is 1. The van der Waals surface area contributed by atoms with E-state index in [4.69, 9.17) is 4.42 Å². The second-order valence-electron chi connectivity index (χ2n) is 6.12. The Morgan fingerprint density at radius 1 is 1.32 bits per heavy atom. The van der Waals surface area contributed by atoms with E-state index in [1.165, 1.54) is 12.1 Å². The van der Waals surface area contributed by atoms with Crippen LogP contribution in [-0.4, -0.2) is 35.0 Å². The van der Waals surface area contributed by atoms with Gasteiger partial charge >= 0.3 is 0 Å². The van der Waals surface area contributed by atoms with E-state index in [2.05, 4.69) is 15.3 Å². The van der Waals surface area contributed by atoms with Gasteiger partial charge in [0, 0.05) is 25.3 Å². The van der Waals surface area contributed by atoms with Gasteiger partial charge in [0.15, 0.2) is 5.58 Å². The summed E-state index contributed by atoms with van der Waals surface area (Å²) in [7, 11) is 0. The Hall–Kier alpha value is -2.96. The number of halogens is 1. The number of nitrogens with zero attached hydrogens (tertiary/aromatic N) is 3. The highest BCUT2D eigenvalue weighted by Gasteiger charge is 2.27. The van der Waals surface area contributed by atoms with Gasteiger partial charge in [-0.1, -0.05) is 12.1 Å². The summed E-state index contributed by atoms with van der Waals surface area (Å²) < 4.78 is 18.6. The number of rotatable bonds is 4. The van der Waals surface area contributed by atoms with Gasteiger partial charge in [-0.2, -0.15) is 4.98 Å². The molecule has 1 N–H and O–H groups in total. The molecule has 0 aliphatic carbocycles. The lowest BCUT2D eigenvalue weighted by molar-refractivity contribution is -0.121. The summed E-state index contributed by atoms with van der Waals surface area (Å²) in [4.78, 5) is 22.7. The minimum atomic E-state index is -0.302. The molecule has 25 heavy (non-hydrogen) atoms. The Morgan fingerprint density at radius 2 is 2.16 bits per heavy atom. The van der Waals surface area contributed by atoms with Gasteiger partial charge in [0.25, 0.3) is 6.01 Å². The normalized spacial score (nSPS) is 17.2. The maximum Gasteiger partial charge on any atom is 0.300 e. The van der Waals surface area contributed by atoms with Gasteiger partial charge in [-0.25, -0.2) is 9.37 Å². The van der Waals surface area contributed by atoms with Crippen molar-refractivity contribution in [1.29, 1.82) is 0 Å². The van der Waals surface area contributed by atoms with E-state index in [0.717, 1.165) is 18.5 Å². The van der Waals surface area contributed by atoms with Crippen LogP contribution in [0.3, 0.4) is 0 Å². The predicted octanol–water partition coefficient (Wildman–Crippen LogP) is 2.30. The lowest BCUT2D eigenvalue weighted by atomic mass is 10.1. The maximum absolute atomic E-state index is 12.9. The van der Waals surface area contributed by atoms with E-state index >= 15 is 0 Å². The van der Waals surface area contributed by atoms with Crippen molar-refractivity contribution in [2.75, 3.05) is 18.0 Å². The number of amides is 1. The molecule has 1 aliphatic heterocycles. The lowest BCUT2D eigenvalue weighted by Gasteiger charge is -2.14. The van der Waals surface area contributed by atoms with Crippen LogP contribution in [-0.2, 0) is 11.2 Å². The van der Waals surface area contributed by atoms with Gasteiger partial charge < -0.3 is 14.6 Å². The molecule has 1 fully saturated rings. The standard InChI is InChI=1S/C18H17FN4O2/c19-13-5-3-12(4-6-13)10-16(24)21-14-7-9-23(11-14)18-22-17-15(25-18)2-1-8-20-17/h1-6,8,14H,7,9-11H2,(H,21,24). The fraction of sp³-hybridized carbons (Fsp3) is 0.278. The van der Waals surface area contributed by atoms with E-state index < -0.39 is 0 Å². The van der Waals surface area contributed by atoms with Crippen LogP contribution in [0.15, 0.2) is 47.0 Å². The van der Waals surface area contributed by atoms with Gasteiger partial charge in [-0.15, -0.1) is 0 Å². The van der Waals surface area contributed by atoms with Crippen molar-refractivity contribution in [2.45, 2.75) is 18.9 Å². The van der Waals surface area contributed by atoms with Crippen LogP contribution >= 0.6 is 0 Å². The van der Waals surface area contributed by atoms with Gasteiger partial charge in [0.2, 0.25) is 11.6 Å². The van der Waals surface area contributed by atoms with Crippen LogP contribution in [0.5, 0.6) is 0 Å². The fourth-order valence-corrected chi connectivity index (χ4v) is 3.01. The number of hydrogen-bond donors (Lipinski definition) is 1. The molecule has 1 saturated heterocycles. The smallest absolute Gasteiger partial charge is 0.300 e. The van der Waals surface area contributed by atoms with Crippen LogP contribution in [0.2, 0.25) is 0 Å². The Labute approximate surface area is 143 Å². The van der Waals surface area contributed by atoms with E-state index in [1.807, 2.05) is 11.0 Å². The van der Waals surface area contributed by atoms with E-state index in [-0.39, 0.29) is 24.2 Å². The minimum Gasteiger partial charge on any atom is -0.422 e. The molecule has 0 bridgehead atoms.